The van der Waals surface area contributed by atoms with Crippen LogP contribution in [0.4, 0.5) is 13.2 Å². The number of hydrogen-bond acceptors (Lipinski definition) is 2. The Morgan fingerprint density at radius 2 is 1.76 bits per heavy atom. The highest BCUT2D eigenvalue weighted by Crippen LogP contribution is 2.24. The molecule has 0 rings (SSSR count). The van der Waals surface area contributed by atoms with Gasteiger partial charge in [0.25, 0.3) is 0 Å². The molecule has 100 valence electrons. The number of amides is 1. The Labute approximate surface area is 97.2 Å². The molecule has 0 aromatic carbocycles. The van der Waals surface area contributed by atoms with Crippen molar-refractivity contribution in [3.63, 3.8) is 0 Å². The number of carboxylic acid groups (broad SMARTS) is 1. The van der Waals surface area contributed by atoms with Gasteiger partial charge >= 0.3 is 18.1 Å². The van der Waals surface area contributed by atoms with Crippen molar-refractivity contribution in [1.29, 1.82) is 0 Å². The Morgan fingerprint density at radius 3 is 2.00 bits per heavy atom. The monoisotopic (exact) mass is 255 g/mol. The Hall–Kier alpha value is -1.27. The summed E-state index contributed by atoms with van der Waals surface area (Å²) >= 11 is 0. The van der Waals surface area contributed by atoms with E-state index in [9.17, 15) is 22.8 Å². The van der Waals surface area contributed by atoms with E-state index < -0.39 is 23.6 Å². The molecule has 7 heteroatoms. The van der Waals surface area contributed by atoms with Gasteiger partial charge in [-0.15, -0.1) is 0 Å². The van der Waals surface area contributed by atoms with Crippen LogP contribution in [0.25, 0.3) is 0 Å². The van der Waals surface area contributed by atoms with Gasteiger partial charge in [0.05, 0.1) is 0 Å². The molecule has 4 nitrogen and oxygen atoms in total. The number of aliphatic carboxylic acids is 1. The molecule has 0 aliphatic heterocycles. The molecule has 17 heavy (non-hydrogen) atoms. The van der Waals surface area contributed by atoms with E-state index >= 15 is 0 Å². The quantitative estimate of drug-likeness (QED) is 0.789. The average molecular weight is 255 g/mol. The van der Waals surface area contributed by atoms with E-state index in [0.717, 1.165) is 0 Å². The molecular weight excluding hydrogens is 239 g/mol. The smallest absolute Gasteiger partial charge is 0.471 e. The molecule has 0 saturated heterocycles. The number of alkyl halides is 3. The zero-order valence-electron chi connectivity index (χ0n) is 9.89. The van der Waals surface area contributed by atoms with E-state index in [-0.39, 0.29) is 18.8 Å². The Bertz CT molecular complexity index is 302. The van der Waals surface area contributed by atoms with Crippen LogP contribution in [0.3, 0.4) is 0 Å². The topological polar surface area (TPSA) is 66.4 Å². The highest BCUT2D eigenvalue weighted by atomic mass is 19.4. The fourth-order valence-corrected chi connectivity index (χ4v) is 1.56. The Kier molecular flexibility index (Phi) is 4.97. The maximum Gasteiger partial charge on any atom is 0.471 e. The maximum atomic E-state index is 12.1. The van der Waals surface area contributed by atoms with Crippen molar-refractivity contribution in [2.45, 2.75) is 45.3 Å². The average Bonchev–Trinajstić information content (AvgIpc) is 2.13. The maximum absolute atomic E-state index is 12.1. The first-order chi connectivity index (χ1) is 7.55. The van der Waals surface area contributed by atoms with E-state index in [0.29, 0.717) is 0 Å². The molecule has 0 bridgehead atoms. The second kappa shape index (κ2) is 5.37. The molecule has 2 N–H and O–H groups in total. The van der Waals surface area contributed by atoms with Crippen LogP contribution in [-0.2, 0) is 9.59 Å². The van der Waals surface area contributed by atoms with Crippen LogP contribution in [0.15, 0.2) is 0 Å². The van der Waals surface area contributed by atoms with Crippen LogP contribution in [-0.4, -0.2) is 28.7 Å². The standard InChI is InChI=1S/C10H16F3NO3/c1-4-9(8(16)17,5-6(2)3)14-7(15)10(11,12)13/h6H,4-5H2,1-3H3,(H,14,15)(H,16,17)/t9-/m0/s1. The van der Waals surface area contributed by atoms with E-state index in [4.69, 9.17) is 5.11 Å². The molecule has 0 spiro atoms. The minimum Gasteiger partial charge on any atom is -0.480 e. The van der Waals surface area contributed by atoms with Crippen LogP contribution >= 0.6 is 0 Å². The molecule has 0 aromatic heterocycles. The van der Waals surface area contributed by atoms with Gasteiger partial charge in [0.1, 0.15) is 5.54 Å². The SMILES string of the molecule is CC[C@@](CC(C)C)(NC(=O)C(F)(F)F)C(=O)O. The number of halogens is 3. The lowest BCUT2D eigenvalue weighted by molar-refractivity contribution is -0.178. The lowest BCUT2D eigenvalue weighted by atomic mass is 9.86. The molecule has 1 atom stereocenters. The Morgan fingerprint density at radius 1 is 1.29 bits per heavy atom. The van der Waals surface area contributed by atoms with Crippen LogP contribution < -0.4 is 5.32 Å². The normalized spacial score (nSPS) is 15.5. The van der Waals surface area contributed by atoms with Gasteiger partial charge in [-0.25, -0.2) is 4.79 Å². The fourth-order valence-electron chi connectivity index (χ4n) is 1.56. The van der Waals surface area contributed by atoms with Crippen molar-refractivity contribution in [3.8, 4) is 0 Å². The minimum atomic E-state index is -5.08. The molecule has 0 aromatic rings. The molecule has 1 amide bonds. The summed E-state index contributed by atoms with van der Waals surface area (Å²) in [5.41, 5.74) is -1.86. The molecule has 0 unspecified atom stereocenters. The highest BCUT2D eigenvalue weighted by Gasteiger charge is 2.46. The van der Waals surface area contributed by atoms with Gasteiger partial charge in [0.2, 0.25) is 0 Å². The van der Waals surface area contributed by atoms with Crippen molar-refractivity contribution >= 4 is 11.9 Å². The largest absolute Gasteiger partial charge is 0.480 e. The van der Waals surface area contributed by atoms with E-state index in [1.165, 1.54) is 6.92 Å². The highest BCUT2D eigenvalue weighted by molar-refractivity contribution is 5.89. The summed E-state index contributed by atoms with van der Waals surface area (Å²) in [5, 5.41) is 10.6. The second-order valence-electron chi connectivity index (χ2n) is 4.29. The molecule has 0 aliphatic rings. The van der Waals surface area contributed by atoms with Crippen molar-refractivity contribution in [3.05, 3.63) is 0 Å². The van der Waals surface area contributed by atoms with Crippen molar-refractivity contribution < 1.29 is 27.9 Å². The predicted octanol–water partition coefficient (Wildman–Crippen LogP) is 1.94. The van der Waals surface area contributed by atoms with Crippen molar-refractivity contribution in [1.82, 2.24) is 5.32 Å². The number of nitrogens with one attached hydrogen (secondary N) is 1. The first-order valence-corrected chi connectivity index (χ1v) is 5.18. The third-order valence-corrected chi connectivity index (χ3v) is 2.38. The third kappa shape index (κ3) is 4.24. The number of hydrogen-bond donors (Lipinski definition) is 2. The third-order valence-electron chi connectivity index (χ3n) is 2.38. The summed E-state index contributed by atoms with van der Waals surface area (Å²) in [6.07, 6.45) is -5.24. The lowest BCUT2D eigenvalue weighted by Gasteiger charge is -2.31. The van der Waals surface area contributed by atoms with E-state index in [1.807, 2.05) is 0 Å². The van der Waals surface area contributed by atoms with Gasteiger partial charge in [0, 0.05) is 0 Å². The minimum absolute atomic E-state index is 0.0549. The van der Waals surface area contributed by atoms with Gasteiger partial charge in [-0.3, -0.25) is 4.79 Å². The number of carboxylic acids is 1. The number of carbonyl (C=O) groups is 2. The summed E-state index contributed by atoms with van der Waals surface area (Å²) < 4.78 is 36.3. The van der Waals surface area contributed by atoms with E-state index in [1.54, 1.807) is 19.2 Å². The lowest BCUT2D eigenvalue weighted by Crippen LogP contribution is -2.58. The van der Waals surface area contributed by atoms with Crippen LogP contribution in [0.2, 0.25) is 0 Å². The van der Waals surface area contributed by atoms with Crippen LogP contribution in [0, 0.1) is 5.92 Å². The van der Waals surface area contributed by atoms with Gasteiger partial charge in [-0.05, 0) is 18.8 Å². The number of rotatable bonds is 5. The van der Waals surface area contributed by atoms with Gasteiger partial charge in [-0.2, -0.15) is 13.2 Å². The van der Waals surface area contributed by atoms with E-state index in [2.05, 4.69) is 0 Å². The van der Waals surface area contributed by atoms with Crippen LogP contribution in [0.1, 0.15) is 33.6 Å². The molecule has 0 heterocycles. The van der Waals surface area contributed by atoms with Crippen molar-refractivity contribution in [2.24, 2.45) is 5.92 Å². The summed E-state index contributed by atoms with van der Waals surface area (Å²) in [6.45, 7) is 4.77. The summed E-state index contributed by atoms with van der Waals surface area (Å²) in [4.78, 5) is 21.9. The Balaban J connectivity index is 5.07. The predicted molar refractivity (Wildman–Crippen MR) is 54.3 cm³/mol. The summed E-state index contributed by atoms with van der Waals surface area (Å²) in [7, 11) is 0. The fraction of sp³-hybridized carbons (Fsp3) is 0.800. The summed E-state index contributed by atoms with van der Waals surface area (Å²) in [6, 6.07) is 0. The first-order valence-electron chi connectivity index (χ1n) is 5.18. The first kappa shape index (κ1) is 15.7. The van der Waals surface area contributed by atoms with Crippen molar-refractivity contribution in [2.75, 3.05) is 0 Å². The molecule has 0 fully saturated rings. The van der Waals surface area contributed by atoms with Crippen LogP contribution in [0.5, 0.6) is 0 Å². The van der Waals surface area contributed by atoms with Gasteiger partial charge in [0.15, 0.2) is 0 Å². The molecular formula is C10H16F3NO3. The summed E-state index contributed by atoms with van der Waals surface area (Å²) in [5.74, 6) is -3.83. The van der Waals surface area contributed by atoms with Gasteiger partial charge < -0.3 is 10.4 Å². The second-order valence-corrected chi connectivity index (χ2v) is 4.29. The zero-order valence-corrected chi connectivity index (χ0v) is 9.89. The molecule has 0 aliphatic carbocycles. The van der Waals surface area contributed by atoms with Gasteiger partial charge in [-0.1, -0.05) is 20.8 Å². The number of carbonyl (C=O) groups excluding carboxylic acids is 1. The molecule has 0 radical (unpaired) electrons. The zero-order chi connectivity index (χ0) is 13.9. The molecule has 0 saturated carbocycles.